The van der Waals surface area contributed by atoms with E-state index in [9.17, 15) is 18.3 Å². The van der Waals surface area contributed by atoms with Crippen LogP contribution in [0.2, 0.25) is 0 Å². The number of benzene rings is 3. The first-order valence-corrected chi connectivity index (χ1v) is 18.2. The van der Waals surface area contributed by atoms with Gasteiger partial charge in [0.15, 0.2) is 33.1 Å². The standard InChI is InChI=1S/C37H40F2N4O5S/c1-22(36(44)45)17-23-7-5-8-24(18-23)26-9-6-14-37(2,3)21-49(46,47)16-13-28-27-12-15-40-32(27)20-31(39)33(28)48-25-10-11-30(38)29(19-25)35-41-34(26)42-43(35)4/h5,7-8,10-12,15,18-20,22,26,40H,6,9,13-14,16-17,21H2,1-4H3,(H,44,45). The van der Waals surface area contributed by atoms with Crippen LogP contribution in [0, 0.1) is 23.0 Å². The number of hydrogen-bond acceptors (Lipinski definition) is 6. The molecule has 2 aromatic heterocycles. The lowest BCUT2D eigenvalue weighted by Gasteiger charge is -2.26. The van der Waals surface area contributed by atoms with E-state index in [-0.39, 0.29) is 46.7 Å². The molecule has 6 rings (SSSR count). The first-order valence-electron chi connectivity index (χ1n) is 16.4. The molecule has 9 nitrogen and oxygen atoms in total. The molecule has 2 N–H and O–H groups in total. The molecule has 1 aliphatic heterocycles. The molecule has 0 spiro atoms. The monoisotopic (exact) mass is 690 g/mol. The SMILES string of the molecule is CC(Cc1cccc(C2CCCC(C)(C)CS(=O)(=O)CCc3c(c(F)cc4[nH]ccc34)Oc3ccc(F)c(c3)-c3nc2nn3C)c1)C(=O)O. The molecule has 0 radical (unpaired) electrons. The summed E-state index contributed by atoms with van der Waals surface area (Å²) in [5.74, 6) is -2.55. The predicted octanol–water partition coefficient (Wildman–Crippen LogP) is 7.60. The van der Waals surface area contributed by atoms with Crippen molar-refractivity contribution in [3.05, 3.63) is 94.9 Å². The van der Waals surface area contributed by atoms with E-state index in [1.807, 2.05) is 38.1 Å². The summed E-state index contributed by atoms with van der Waals surface area (Å²) in [4.78, 5) is 19.4. The van der Waals surface area contributed by atoms with Gasteiger partial charge in [0, 0.05) is 41.7 Å². The van der Waals surface area contributed by atoms with Gasteiger partial charge in [-0.1, -0.05) is 51.5 Å². The number of sulfone groups is 1. The van der Waals surface area contributed by atoms with Gasteiger partial charge >= 0.3 is 5.97 Å². The number of aromatic nitrogens is 4. The Bertz CT molecular complexity index is 2140. The van der Waals surface area contributed by atoms with E-state index in [4.69, 9.17) is 14.8 Å². The van der Waals surface area contributed by atoms with Crippen LogP contribution in [-0.4, -0.2) is 50.7 Å². The molecule has 3 aromatic carbocycles. The van der Waals surface area contributed by atoms with E-state index in [0.717, 1.165) is 11.1 Å². The molecule has 12 heteroatoms. The summed E-state index contributed by atoms with van der Waals surface area (Å²) >= 11 is 0. The van der Waals surface area contributed by atoms with Gasteiger partial charge < -0.3 is 14.8 Å². The van der Waals surface area contributed by atoms with Crippen LogP contribution in [0.25, 0.3) is 22.3 Å². The van der Waals surface area contributed by atoms with Gasteiger partial charge in [0.1, 0.15) is 11.6 Å². The van der Waals surface area contributed by atoms with Gasteiger partial charge in [-0.25, -0.2) is 26.9 Å². The largest absolute Gasteiger partial charge is 0.481 e. The number of nitrogens with zero attached hydrogens (tertiary/aromatic N) is 3. The fourth-order valence-electron chi connectivity index (χ4n) is 6.83. The van der Waals surface area contributed by atoms with E-state index < -0.39 is 38.8 Å². The molecule has 0 aliphatic carbocycles. The fourth-order valence-corrected chi connectivity index (χ4v) is 8.82. The zero-order valence-electron chi connectivity index (χ0n) is 28.0. The molecule has 2 unspecified atom stereocenters. The minimum Gasteiger partial charge on any atom is -0.481 e. The lowest BCUT2D eigenvalue weighted by molar-refractivity contribution is -0.141. The Hall–Kier alpha value is -4.58. The van der Waals surface area contributed by atoms with Crippen LogP contribution in [0.4, 0.5) is 8.78 Å². The summed E-state index contributed by atoms with van der Waals surface area (Å²) in [6.07, 6.45) is 3.85. The average molecular weight is 691 g/mol. The number of rotatable bonds is 4. The topological polar surface area (TPSA) is 127 Å². The van der Waals surface area contributed by atoms with Gasteiger partial charge in [-0.15, -0.1) is 0 Å². The molecular weight excluding hydrogens is 650 g/mol. The molecule has 4 bridgehead atoms. The van der Waals surface area contributed by atoms with Crippen LogP contribution in [0.5, 0.6) is 11.5 Å². The van der Waals surface area contributed by atoms with Crippen LogP contribution >= 0.6 is 0 Å². The van der Waals surface area contributed by atoms with Crippen molar-refractivity contribution in [2.24, 2.45) is 18.4 Å². The van der Waals surface area contributed by atoms with E-state index in [2.05, 4.69) is 4.98 Å². The fraction of sp³-hybridized carbons (Fsp3) is 0.378. The molecule has 0 saturated heterocycles. The van der Waals surface area contributed by atoms with Crippen molar-refractivity contribution in [3.8, 4) is 22.9 Å². The predicted molar refractivity (Wildman–Crippen MR) is 184 cm³/mol. The van der Waals surface area contributed by atoms with Crippen molar-refractivity contribution in [1.82, 2.24) is 19.7 Å². The van der Waals surface area contributed by atoms with E-state index >= 15 is 8.78 Å². The van der Waals surface area contributed by atoms with Crippen molar-refractivity contribution in [2.75, 3.05) is 11.5 Å². The molecule has 0 saturated carbocycles. The maximum Gasteiger partial charge on any atom is 0.306 e. The molecule has 49 heavy (non-hydrogen) atoms. The zero-order chi connectivity index (χ0) is 35.1. The molecule has 2 atom stereocenters. The van der Waals surface area contributed by atoms with Crippen LogP contribution in [0.1, 0.15) is 68.5 Å². The van der Waals surface area contributed by atoms with Crippen molar-refractivity contribution in [1.29, 1.82) is 0 Å². The van der Waals surface area contributed by atoms with Crippen molar-refractivity contribution < 1.29 is 31.8 Å². The van der Waals surface area contributed by atoms with Gasteiger partial charge in [0.25, 0.3) is 0 Å². The third kappa shape index (κ3) is 7.54. The van der Waals surface area contributed by atoms with Gasteiger partial charge in [0.2, 0.25) is 0 Å². The molecule has 0 fully saturated rings. The highest BCUT2D eigenvalue weighted by atomic mass is 32.2. The Morgan fingerprint density at radius 1 is 1.14 bits per heavy atom. The number of ether oxygens (including phenoxy) is 1. The Kier molecular flexibility index (Phi) is 9.36. The maximum atomic E-state index is 15.6. The number of fused-ring (bicyclic) bond motifs is 8. The molecule has 0 amide bonds. The Balaban J connectivity index is 1.47. The summed E-state index contributed by atoms with van der Waals surface area (Å²) in [6, 6.07) is 14.8. The Labute approximate surface area is 284 Å². The number of carboxylic acids is 1. The second-order valence-corrected chi connectivity index (χ2v) is 16.1. The zero-order valence-corrected chi connectivity index (χ0v) is 28.8. The first-order chi connectivity index (χ1) is 23.2. The summed E-state index contributed by atoms with van der Waals surface area (Å²) in [6.45, 7) is 5.52. The third-order valence-electron chi connectivity index (χ3n) is 9.29. The highest BCUT2D eigenvalue weighted by molar-refractivity contribution is 7.91. The quantitative estimate of drug-likeness (QED) is 0.199. The second kappa shape index (κ2) is 13.4. The van der Waals surface area contributed by atoms with Crippen LogP contribution in [-0.2, 0) is 34.5 Å². The van der Waals surface area contributed by atoms with E-state index in [0.29, 0.717) is 48.0 Å². The smallest absolute Gasteiger partial charge is 0.306 e. The summed E-state index contributed by atoms with van der Waals surface area (Å²) in [7, 11) is -1.90. The van der Waals surface area contributed by atoms with Crippen molar-refractivity contribution in [2.45, 2.75) is 58.8 Å². The first kappa shape index (κ1) is 34.3. The molecule has 3 heterocycles. The highest BCUT2D eigenvalue weighted by Gasteiger charge is 2.30. The van der Waals surface area contributed by atoms with Crippen LogP contribution < -0.4 is 4.74 Å². The third-order valence-corrected chi connectivity index (χ3v) is 11.3. The number of carbonyl (C=O) groups is 1. The average Bonchev–Trinajstić information content (AvgIpc) is 3.65. The number of H-pyrrole nitrogens is 1. The number of aromatic amines is 1. The lowest BCUT2D eigenvalue weighted by atomic mass is 9.85. The molecular formula is C37H40F2N4O5S. The minimum atomic E-state index is -3.58. The number of nitrogens with one attached hydrogen (secondary N) is 1. The van der Waals surface area contributed by atoms with E-state index in [1.165, 1.54) is 28.9 Å². The van der Waals surface area contributed by atoms with Crippen molar-refractivity contribution >= 4 is 26.7 Å². The molecule has 1 aliphatic rings. The van der Waals surface area contributed by atoms with Gasteiger partial charge in [-0.05, 0) is 66.5 Å². The highest BCUT2D eigenvalue weighted by Crippen LogP contribution is 2.38. The number of aryl methyl sites for hydroxylation is 2. The Morgan fingerprint density at radius 3 is 2.71 bits per heavy atom. The normalized spacial score (nSPS) is 18.5. The maximum absolute atomic E-state index is 15.6. The Morgan fingerprint density at radius 2 is 1.94 bits per heavy atom. The van der Waals surface area contributed by atoms with Crippen molar-refractivity contribution in [3.63, 3.8) is 0 Å². The van der Waals surface area contributed by atoms with Gasteiger partial charge in [-0.2, -0.15) is 5.10 Å². The van der Waals surface area contributed by atoms with Crippen LogP contribution in [0.3, 0.4) is 0 Å². The number of hydrogen-bond donors (Lipinski definition) is 2. The summed E-state index contributed by atoms with van der Waals surface area (Å²) < 4.78 is 65.9. The number of aliphatic carboxylic acids is 1. The lowest BCUT2D eigenvalue weighted by Crippen LogP contribution is -2.27. The minimum absolute atomic E-state index is 0.0272. The summed E-state index contributed by atoms with van der Waals surface area (Å²) in [5.41, 5.74) is 2.20. The summed E-state index contributed by atoms with van der Waals surface area (Å²) in [5, 5.41) is 14.9. The number of halogens is 2. The molecule has 258 valence electrons. The number of carboxylic acid groups (broad SMARTS) is 1. The van der Waals surface area contributed by atoms with E-state index in [1.54, 1.807) is 26.2 Å². The molecule has 5 aromatic rings. The van der Waals surface area contributed by atoms with Crippen LogP contribution in [0.15, 0.2) is 60.8 Å². The van der Waals surface area contributed by atoms with Gasteiger partial charge in [0.05, 0.1) is 23.0 Å². The second-order valence-electron chi connectivity index (χ2n) is 13.9. The van der Waals surface area contributed by atoms with Gasteiger partial charge in [-0.3, -0.25) is 4.79 Å².